The van der Waals surface area contributed by atoms with Crippen molar-refractivity contribution in [2.75, 3.05) is 19.7 Å². The number of carboxylic acids is 1. The molecule has 2 N–H and O–H groups in total. The minimum Gasteiger partial charge on any atom is -0.481 e. The SMILES string of the molecule is CC(CCC(=O)O)CNC(=O)N1CC(C)OCC1C. The fourth-order valence-electron chi connectivity index (χ4n) is 2.02. The summed E-state index contributed by atoms with van der Waals surface area (Å²) in [4.78, 5) is 24.3. The van der Waals surface area contributed by atoms with Gasteiger partial charge in [-0.3, -0.25) is 4.79 Å². The summed E-state index contributed by atoms with van der Waals surface area (Å²) >= 11 is 0. The monoisotopic (exact) mass is 272 g/mol. The average Bonchev–Trinajstić information content (AvgIpc) is 2.36. The predicted octanol–water partition coefficient (Wildman–Crippen LogP) is 1.31. The van der Waals surface area contributed by atoms with Crippen LogP contribution in [-0.2, 0) is 9.53 Å². The van der Waals surface area contributed by atoms with Crippen molar-refractivity contribution in [1.82, 2.24) is 10.2 Å². The van der Waals surface area contributed by atoms with Crippen LogP contribution >= 0.6 is 0 Å². The van der Waals surface area contributed by atoms with Gasteiger partial charge in [-0.15, -0.1) is 0 Å². The van der Waals surface area contributed by atoms with E-state index in [0.29, 0.717) is 26.1 Å². The lowest BCUT2D eigenvalue weighted by Gasteiger charge is -2.36. The van der Waals surface area contributed by atoms with E-state index in [-0.39, 0.29) is 30.5 Å². The van der Waals surface area contributed by atoms with Gasteiger partial charge in [0.15, 0.2) is 0 Å². The number of rotatable bonds is 5. The standard InChI is InChI=1S/C13H24N2O4/c1-9(4-5-12(16)17)6-14-13(18)15-7-11(3)19-8-10(15)2/h9-11H,4-8H2,1-3H3,(H,14,18)(H,16,17). The van der Waals surface area contributed by atoms with Crippen LogP contribution in [0.3, 0.4) is 0 Å². The van der Waals surface area contributed by atoms with E-state index >= 15 is 0 Å². The minimum absolute atomic E-state index is 0.0615. The molecule has 0 aromatic carbocycles. The molecule has 1 heterocycles. The highest BCUT2D eigenvalue weighted by atomic mass is 16.5. The third-order valence-electron chi connectivity index (χ3n) is 3.32. The molecule has 1 aliphatic rings. The molecule has 1 saturated heterocycles. The first-order valence-corrected chi connectivity index (χ1v) is 6.78. The fraction of sp³-hybridized carbons (Fsp3) is 0.846. The molecule has 3 atom stereocenters. The highest BCUT2D eigenvalue weighted by molar-refractivity contribution is 5.74. The number of aliphatic carboxylic acids is 1. The van der Waals surface area contributed by atoms with E-state index in [4.69, 9.17) is 9.84 Å². The Bertz CT molecular complexity index is 322. The second-order valence-corrected chi connectivity index (χ2v) is 5.37. The maximum absolute atomic E-state index is 12.0. The Morgan fingerprint density at radius 2 is 2.16 bits per heavy atom. The van der Waals surface area contributed by atoms with Crippen molar-refractivity contribution in [1.29, 1.82) is 0 Å². The molecule has 6 nitrogen and oxygen atoms in total. The van der Waals surface area contributed by atoms with Gasteiger partial charge in [0.1, 0.15) is 0 Å². The Labute approximate surface area is 114 Å². The summed E-state index contributed by atoms with van der Waals surface area (Å²) in [5.74, 6) is -0.636. The van der Waals surface area contributed by atoms with Gasteiger partial charge in [-0.25, -0.2) is 4.79 Å². The van der Waals surface area contributed by atoms with Crippen molar-refractivity contribution in [3.05, 3.63) is 0 Å². The van der Waals surface area contributed by atoms with E-state index < -0.39 is 5.97 Å². The van der Waals surface area contributed by atoms with Gasteiger partial charge in [-0.05, 0) is 26.2 Å². The van der Waals surface area contributed by atoms with Crippen molar-refractivity contribution in [2.24, 2.45) is 5.92 Å². The van der Waals surface area contributed by atoms with Gasteiger partial charge in [0.25, 0.3) is 0 Å². The second kappa shape index (κ2) is 7.33. The zero-order chi connectivity index (χ0) is 14.4. The van der Waals surface area contributed by atoms with Crippen LogP contribution in [-0.4, -0.2) is 53.8 Å². The lowest BCUT2D eigenvalue weighted by molar-refractivity contribution is -0.137. The van der Waals surface area contributed by atoms with E-state index in [1.165, 1.54) is 0 Å². The molecule has 0 spiro atoms. The summed E-state index contributed by atoms with van der Waals surface area (Å²) in [6, 6.07) is -0.0182. The van der Waals surface area contributed by atoms with Crippen LogP contribution in [0.5, 0.6) is 0 Å². The number of hydrogen-bond donors (Lipinski definition) is 2. The highest BCUT2D eigenvalue weighted by Crippen LogP contribution is 2.11. The third-order valence-corrected chi connectivity index (χ3v) is 3.32. The lowest BCUT2D eigenvalue weighted by Crippen LogP contribution is -2.54. The van der Waals surface area contributed by atoms with E-state index in [2.05, 4.69) is 5.32 Å². The normalized spacial score (nSPS) is 24.9. The molecule has 0 aromatic rings. The number of nitrogens with zero attached hydrogens (tertiary/aromatic N) is 1. The maximum Gasteiger partial charge on any atom is 0.317 e. The number of carbonyl (C=O) groups excluding carboxylic acids is 1. The van der Waals surface area contributed by atoms with Gasteiger partial charge < -0.3 is 20.1 Å². The number of carboxylic acid groups (broad SMARTS) is 1. The molecule has 1 fully saturated rings. The number of nitrogens with one attached hydrogen (secondary N) is 1. The smallest absolute Gasteiger partial charge is 0.317 e. The highest BCUT2D eigenvalue weighted by Gasteiger charge is 2.27. The first-order chi connectivity index (χ1) is 8.90. The topological polar surface area (TPSA) is 78.9 Å². The number of amides is 2. The van der Waals surface area contributed by atoms with E-state index in [1.807, 2.05) is 20.8 Å². The number of urea groups is 1. The molecule has 110 valence electrons. The Kier molecular flexibility index (Phi) is 6.08. The van der Waals surface area contributed by atoms with Crippen LogP contribution in [0.2, 0.25) is 0 Å². The number of ether oxygens (including phenoxy) is 1. The molecule has 1 aliphatic heterocycles. The molecule has 0 bridgehead atoms. The molecule has 1 rings (SSSR count). The van der Waals surface area contributed by atoms with Gasteiger partial charge in [0.2, 0.25) is 0 Å². The molecule has 0 aromatic heterocycles. The molecule has 0 radical (unpaired) electrons. The van der Waals surface area contributed by atoms with Gasteiger partial charge in [0.05, 0.1) is 18.8 Å². The summed E-state index contributed by atoms with van der Waals surface area (Å²) in [7, 11) is 0. The van der Waals surface area contributed by atoms with Crippen molar-refractivity contribution in [2.45, 2.75) is 45.8 Å². The van der Waals surface area contributed by atoms with Crippen molar-refractivity contribution in [3.63, 3.8) is 0 Å². The van der Waals surface area contributed by atoms with Gasteiger partial charge in [0, 0.05) is 19.5 Å². The lowest BCUT2D eigenvalue weighted by atomic mass is 10.1. The zero-order valence-corrected chi connectivity index (χ0v) is 11.9. The van der Waals surface area contributed by atoms with Crippen LogP contribution < -0.4 is 5.32 Å². The summed E-state index contributed by atoms with van der Waals surface area (Å²) in [5, 5.41) is 11.5. The van der Waals surface area contributed by atoms with Crippen molar-refractivity contribution in [3.8, 4) is 0 Å². The van der Waals surface area contributed by atoms with Crippen LogP contribution in [0.4, 0.5) is 4.79 Å². The molecule has 2 amide bonds. The van der Waals surface area contributed by atoms with E-state index in [1.54, 1.807) is 4.90 Å². The molecule has 6 heteroatoms. The molecule has 0 aliphatic carbocycles. The predicted molar refractivity (Wildman–Crippen MR) is 71.0 cm³/mol. The molecular formula is C13H24N2O4. The summed E-state index contributed by atoms with van der Waals surface area (Å²) < 4.78 is 5.47. The van der Waals surface area contributed by atoms with Gasteiger partial charge in [-0.1, -0.05) is 6.92 Å². The molecule has 0 saturated carbocycles. The average molecular weight is 272 g/mol. The third kappa shape index (κ3) is 5.46. The summed E-state index contributed by atoms with van der Waals surface area (Å²) in [6.45, 7) is 7.50. The Morgan fingerprint density at radius 3 is 2.79 bits per heavy atom. The summed E-state index contributed by atoms with van der Waals surface area (Å²) in [6.07, 6.45) is 0.776. The molecular weight excluding hydrogens is 248 g/mol. The van der Waals surface area contributed by atoms with E-state index in [9.17, 15) is 9.59 Å². The van der Waals surface area contributed by atoms with E-state index in [0.717, 1.165) is 0 Å². The van der Waals surface area contributed by atoms with Crippen molar-refractivity contribution >= 4 is 12.0 Å². The van der Waals surface area contributed by atoms with Crippen LogP contribution in [0, 0.1) is 5.92 Å². The Balaban J connectivity index is 2.31. The van der Waals surface area contributed by atoms with Crippen LogP contribution in [0.25, 0.3) is 0 Å². The van der Waals surface area contributed by atoms with Crippen LogP contribution in [0.1, 0.15) is 33.6 Å². The van der Waals surface area contributed by atoms with Gasteiger partial charge in [-0.2, -0.15) is 0 Å². The quantitative estimate of drug-likeness (QED) is 0.791. The Hall–Kier alpha value is -1.30. The Morgan fingerprint density at radius 1 is 1.47 bits per heavy atom. The van der Waals surface area contributed by atoms with Crippen molar-refractivity contribution < 1.29 is 19.4 Å². The minimum atomic E-state index is -0.797. The maximum atomic E-state index is 12.0. The fourth-order valence-corrected chi connectivity index (χ4v) is 2.02. The summed E-state index contributed by atoms with van der Waals surface area (Å²) in [5.41, 5.74) is 0. The zero-order valence-electron chi connectivity index (χ0n) is 11.9. The first-order valence-electron chi connectivity index (χ1n) is 6.78. The largest absolute Gasteiger partial charge is 0.481 e. The number of morpholine rings is 1. The van der Waals surface area contributed by atoms with Gasteiger partial charge >= 0.3 is 12.0 Å². The number of carbonyl (C=O) groups is 2. The number of hydrogen-bond acceptors (Lipinski definition) is 3. The first kappa shape index (κ1) is 15.8. The molecule has 3 unspecified atom stereocenters. The molecule has 19 heavy (non-hydrogen) atoms. The second-order valence-electron chi connectivity index (χ2n) is 5.37. The van der Waals surface area contributed by atoms with Crippen LogP contribution in [0.15, 0.2) is 0 Å².